The molecule has 26 heavy (non-hydrogen) atoms. The fourth-order valence-electron chi connectivity index (χ4n) is 2.63. The highest BCUT2D eigenvalue weighted by molar-refractivity contribution is 7.89. The number of carbonyl (C=O) groups excluding carboxylic acids is 1. The van der Waals surface area contributed by atoms with Crippen LogP contribution in [0, 0.1) is 0 Å². The van der Waals surface area contributed by atoms with Crippen LogP contribution in [0.2, 0.25) is 0 Å². The molecule has 0 aliphatic heterocycles. The standard InChI is InChI=1S/C19H19N3O3S/c1-22(14-19(23)21-12-15-6-3-2-4-7-15)26(24,25)18-9-5-8-16-13-20-11-10-17(16)18/h2-11,13H,12,14H2,1H3,(H,21,23). The van der Waals surface area contributed by atoms with Crippen LogP contribution in [0.5, 0.6) is 0 Å². The molecule has 0 unspecified atom stereocenters. The van der Waals surface area contributed by atoms with Crippen LogP contribution in [0.25, 0.3) is 10.8 Å². The minimum atomic E-state index is -3.80. The van der Waals surface area contributed by atoms with E-state index in [9.17, 15) is 13.2 Å². The largest absolute Gasteiger partial charge is 0.351 e. The number of carbonyl (C=O) groups is 1. The second-order valence-electron chi connectivity index (χ2n) is 5.88. The summed E-state index contributed by atoms with van der Waals surface area (Å²) in [5.74, 6) is -0.359. The Labute approximate surface area is 152 Å². The predicted molar refractivity (Wildman–Crippen MR) is 99.8 cm³/mol. The highest BCUT2D eigenvalue weighted by Crippen LogP contribution is 2.24. The molecule has 2 aromatic carbocycles. The average Bonchev–Trinajstić information content (AvgIpc) is 2.66. The lowest BCUT2D eigenvalue weighted by atomic mass is 10.2. The monoisotopic (exact) mass is 369 g/mol. The Hall–Kier alpha value is -2.77. The number of hydrogen-bond acceptors (Lipinski definition) is 4. The Morgan fingerprint density at radius 3 is 2.62 bits per heavy atom. The van der Waals surface area contributed by atoms with Crippen molar-refractivity contribution in [1.29, 1.82) is 0 Å². The number of rotatable bonds is 6. The molecule has 0 saturated carbocycles. The van der Waals surface area contributed by atoms with Gasteiger partial charge in [-0.25, -0.2) is 8.42 Å². The van der Waals surface area contributed by atoms with Gasteiger partial charge in [0.05, 0.1) is 11.4 Å². The zero-order valence-corrected chi connectivity index (χ0v) is 15.1. The van der Waals surface area contributed by atoms with Crippen LogP contribution in [-0.2, 0) is 21.4 Å². The van der Waals surface area contributed by atoms with Crippen molar-refractivity contribution >= 4 is 26.7 Å². The molecule has 1 heterocycles. The number of benzene rings is 2. The van der Waals surface area contributed by atoms with Gasteiger partial charge in [-0.2, -0.15) is 4.31 Å². The molecule has 0 fully saturated rings. The lowest BCUT2D eigenvalue weighted by Gasteiger charge is -2.18. The summed E-state index contributed by atoms with van der Waals surface area (Å²) in [6.45, 7) is 0.101. The molecule has 6 nitrogen and oxygen atoms in total. The van der Waals surface area contributed by atoms with E-state index < -0.39 is 10.0 Å². The number of sulfonamides is 1. The molecule has 0 radical (unpaired) electrons. The topological polar surface area (TPSA) is 79.4 Å². The number of hydrogen-bond donors (Lipinski definition) is 1. The number of nitrogens with one attached hydrogen (secondary N) is 1. The van der Waals surface area contributed by atoms with Gasteiger partial charge in [0.2, 0.25) is 15.9 Å². The van der Waals surface area contributed by atoms with Crippen LogP contribution in [0.1, 0.15) is 5.56 Å². The van der Waals surface area contributed by atoms with Gasteiger partial charge in [0.15, 0.2) is 0 Å². The van der Waals surface area contributed by atoms with Crippen molar-refractivity contribution in [3.63, 3.8) is 0 Å². The van der Waals surface area contributed by atoms with Crippen molar-refractivity contribution in [2.24, 2.45) is 0 Å². The molecular weight excluding hydrogens is 350 g/mol. The third kappa shape index (κ3) is 3.89. The zero-order valence-electron chi connectivity index (χ0n) is 14.3. The summed E-state index contributed by atoms with van der Waals surface area (Å²) in [5.41, 5.74) is 0.952. The first-order chi connectivity index (χ1) is 12.5. The maximum absolute atomic E-state index is 12.9. The molecule has 0 saturated heterocycles. The Kier molecular flexibility index (Phi) is 5.29. The van der Waals surface area contributed by atoms with Gasteiger partial charge in [-0.15, -0.1) is 0 Å². The molecule has 1 N–H and O–H groups in total. The smallest absolute Gasteiger partial charge is 0.243 e. The van der Waals surface area contributed by atoms with Crippen molar-refractivity contribution in [1.82, 2.24) is 14.6 Å². The lowest BCUT2D eigenvalue weighted by molar-refractivity contribution is -0.121. The summed E-state index contributed by atoms with van der Waals surface area (Å²) in [5, 5.41) is 4.05. The molecule has 0 aliphatic rings. The first-order valence-corrected chi connectivity index (χ1v) is 9.52. The Balaban J connectivity index is 1.73. The van der Waals surface area contributed by atoms with Gasteiger partial charge >= 0.3 is 0 Å². The molecule has 0 aliphatic carbocycles. The maximum atomic E-state index is 12.9. The van der Waals surface area contributed by atoms with Gasteiger partial charge in [0, 0.05) is 36.8 Å². The van der Waals surface area contributed by atoms with Crippen LogP contribution in [0.15, 0.2) is 71.9 Å². The van der Waals surface area contributed by atoms with Crippen molar-refractivity contribution < 1.29 is 13.2 Å². The Bertz CT molecular complexity index is 1020. The van der Waals surface area contributed by atoms with Gasteiger partial charge in [0.25, 0.3) is 0 Å². The summed E-state index contributed by atoms with van der Waals surface area (Å²) in [4.78, 5) is 16.3. The summed E-state index contributed by atoms with van der Waals surface area (Å²) in [7, 11) is -2.40. The Morgan fingerprint density at radius 1 is 1.08 bits per heavy atom. The molecule has 1 aromatic heterocycles. The lowest BCUT2D eigenvalue weighted by Crippen LogP contribution is -2.38. The van der Waals surface area contributed by atoms with E-state index >= 15 is 0 Å². The molecular formula is C19H19N3O3S. The first-order valence-electron chi connectivity index (χ1n) is 8.08. The maximum Gasteiger partial charge on any atom is 0.243 e. The number of aromatic nitrogens is 1. The van der Waals surface area contributed by atoms with Crippen LogP contribution in [0.3, 0.4) is 0 Å². The van der Waals surface area contributed by atoms with E-state index in [0.29, 0.717) is 11.9 Å². The third-order valence-corrected chi connectivity index (χ3v) is 5.89. The quantitative estimate of drug-likeness (QED) is 0.722. The van der Waals surface area contributed by atoms with Gasteiger partial charge in [-0.3, -0.25) is 9.78 Å². The van der Waals surface area contributed by atoms with E-state index in [2.05, 4.69) is 10.3 Å². The number of nitrogens with zero attached hydrogens (tertiary/aromatic N) is 2. The molecule has 3 rings (SSSR count). The van der Waals surface area contributed by atoms with Crippen molar-refractivity contribution in [2.75, 3.05) is 13.6 Å². The number of pyridine rings is 1. The van der Waals surface area contributed by atoms with Crippen LogP contribution in [-0.4, -0.2) is 37.2 Å². The minimum Gasteiger partial charge on any atom is -0.351 e. The molecule has 1 amide bonds. The van der Waals surface area contributed by atoms with Gasteiger partial charge in [0.1, 0.15) is 0 Å². The average molecular weight is 369 g/mol. The third-order valence-electron chi connectivity index (χ3n) is 4.03. The summed E-state index contributed by atoms with van der Waals surface area (Å²) < 4.78 is 26.8. The molecule has 0 spiro atoms. The molecule has 134 valence electrons. The van der Waals surface area contributed by atoms with Crippen LogP contribution in [0.4, 0.5) is 0 Å². The molecule has 0 bridgehead atoms. The van der Waals surface area contributed by atoms with E-state index in [1.54, 1.807) is 30.6 Å². The van der Waals surface area contributed by atoms with E-state index in [4.69, 9.17) is 0 Å². The second-order valence-corrected chi connectivity index (χ2v) is 7.89. The minimum absolute atomic E-state index is 0.163. The highest BCUT2D eigenvalue weighted by atomic mass is 32.2. The van der Waals surface area contributed by atoms with Gasteiger partial charge < -0.3 is 5.32 Å². The number of amides is 1. The van der Waals surface area contributed by atoms with E-state index in [-0.39, 0.29) is 17.3 Å². The predicted octanol–water partition coefficient (Wildman–Crippen LogP) is 2.17. The van der Waals surface area contributed by atoms with Gasteiger partial charge in [-0.1, -0.05) is 42.5 Å². The summed E-state index contributed by atoms with van der Waals surface area (Å²) in [6.07, 6.45) is 3.16. The van der Waals surface area contributed by atoms with Crippen molar-refractivity contribution in [3.8, 4) is 0 Å². The van der Waals surface area contributed by atoms with Crippen LogP contribution < -0.4 is 5.32 Å². The van der Waals surface area contributed by atoms with Crippen molar-refractivity contribution in [3.05, 3.63) is 72.6 Å². The van der Waals surface area contributed by atoms with Crippen molar-refractivity contribution in [2.45, 2.75) is 11.4 Å². The summed E-state index contributed by atoms with van der Waals surface area (Å²) >= 11 is 0. The molecule has 7 heteroatoms. The highest BCUT2D eigenvalue weighted by Gasteiger charge is 2.24. The fourth-order valence-corrected chi connectivity index (χ4v) is 3.96. The normalized spacial score (nSPS) is 11.6. The number of likely N-dealkylation sites (N-methyl/N-ethyl adjacent to an activating group) is 1. The van der Waals surface area contributed by atoms with Gasteiger partial charge in [-0.05, 0) is 17.7 Å². The first kappa shape index (κ1) is 18.0. The fraction of sp³-hybridized carbons (Fsp3) is 0.158. The SMILES string of the molecule is CN(CC(=O)NCc1ccccc1)S(=O)(=O)c1cccc2cnccc12. The Morgan fingerprint density at radius 2 is 1.85 bits per heavy atom. The van der Waals surface area contributed by atoms with E-state index in [0.717, 1.165) is 15.3 Å². The summed E-state index contributed by atoms with van der Waals surface area (Å²) in [6, 6.07) is 16.1. The van der Waals surface area contributed by atoms with Crippen LogP contribution >= 0.6 is 0 Å². The number of fused-ring (bicyclic) bond motifs is 1. The van der Waals surface area contributed by atoms with E-state index in [1.807, 2.05) is 30.3 Å². The molecule has 3 aromatic rings. The second kappa shape index (κ2) is 7.63. The van der Waals surface area contributed by atoms with E-state index in [1.165, 1.54) is 13.1 Å². The zero-order chi connectivity index (χ0) is 18.6. The molecule has 0 atom stereocenters.